The molecule has 0 bridgehead atoms. The van der Waals surface area contributed by atoms with Gasteiger partial charge in [0, 0.05) is 16.1 Å². The van der Waals surface area contributed by atoms with E-state index in [1.807, 2.05) is 48.1 Å². The van der Waals surface area contributed by atoms with E-state index in [9.17, 15) is 4.79 Å². The first-order chi connectivity index (χ1) is 13.6. The Morgan fingerprint density at radius 1 is 1.14 bits per heavy atom. The molecule has 0 radical (unpaired) electrons. The van der Waals surface area contributed by atoms with E-state index in [1.54, 1.807) is 24.3 Å². The third-order valence-corrected chi connectivity index (χ3v) is 5.55. The van der Waals surface area contributed by atoms with E-state index < -0.39 is 0 Å². The second-order valence-corrected chi connectivity index (χ2v) is 7.65. The molecule has 1 N–H and O–H groups in total. The zero-order valence-corrected chi connectivity index (χ0v) is 18.5. The summed E-state index contributed by atoms with van der Waals surface area (Å²) in [5, 5.41) is 6.16. The lowest BCUT2D eigenvalue weighted by molar-refractivity contribution is -0.116. The molecule has 0 unspecified atom stereocenters. The van der Waals surface area contributed by atoms with Gasteiger partial charge in [-0.25, -0.2) is 9.97 Å². The van der Waals surface area contributed by atoms with Crippen molar-refractivity contribution in [3.05, 3.63) is 63.5 Å². The first-order valence-electron chi connectivity index (χ1n) is 8.72. The summed E-state index contributed by atoms with van der Waals surface area (Å²) in [5.74, 6) is 0.528. The molecule has 8 heteroatoms. The molecule has 4 rings (SSSR count). The Bertz CT molecular complexity index is 1090. The minimum atomic E-state index is -0.146. The Kier molecular flexibility index (Phi) is 6.83. The Balaban J connectivity index is 0.00000109. The molecule has 0 aliphatic heterocycles. The minimum absolute atomic E-state index is 0.135. The summed E-state index contributed by atoms with van der Waals surface area (Å²) in [6, 6.07) is 14.7. The maximum Gasteiger partial charge on any atom is 0.244 e. The van der Waals surface area contributed by atoms with Crippen molar-refractivity contribution in [3.63, 3.8) is 0 Å². The highest BCUT2D eigenvalue weighted by molar-refractivity contribution is 9.10. The van der Waals surface area contributed by atoms with Crippen LogP contribution in [0.5, 0.6) is 0 Å². The number of hydrogen-bond acceptors (Lipinski definition) is 4. The van der Waals surface area contributed by atoms with Gasteiger partial charge in [-0.3, -0.25) is 4.79 Å². The van der Waals surface area contributed by atoms with Gasteiger partial charge in [0.2, 0.25) is 5.91 Å². The number of nitrogens with one attached hydrogen (secondary N) is 1. The number of fused-ring (bicyclic) bond motifs is 1. The summed E-state index contributed by atoms with van der Waals surface area (Å²) < 4.78 is 2.63. The topological polar surface area (TPSA) is 59.8 Å². The van der Waals surface area contributed by atoms with Crippen molar-refractivity contribution >= 4 is 61.5 Å². The van der Waals surface area contributed by atoms with Crippen LogP contribution in [0.4, 0.5) is 5.69 Å². The van der Waals surface area contributed by atoms with Crippen LogP contribution in [0.3, 0.4) is 0 Å². The molecule has 2 heterocycles. The van der Waals surface area contributed by atoms with Crippen LogP contribution in [0.1, 0.15) is 13.8 Å². The predicted molar refractivity (Wildman–Crippen MR) is 120 cm³/mol. The van der Waals surface area contributed by atoms with Crippen molar-refractivity contribution in [2.45, 2.75) is 20.4 Å². The number of anilines is 1. The van der Waals surface area contributed by atoms with Crippen LogP contribution >= 0.6 is 38.9 Å². The summed E-state index contributed by atoms with van der Waals surface area (Å²) in [5.41, 5.74) is 2.41. The molecular weight excluding hydrogens is 460 g/mol. The molecule has 0 saturated heterocycles. The number of hydrogen-bond donors (Lipinski definition) is 1. The zero-order valence-electron chi connectivity index (χ0n) is 15.3. The summed E-state index contributed by atoms with van der Waals surface area (Å²) in [6.45, 7) is 4.13. The monoisotopic (exact) mass is 476 g/mol. The van der Waals surface area contributed by atoms with Gasteiger partial charge < -0.3 is 9.88 Å². The van der Waals surface area contributed by atoms with E-state index in [2.05, 4.69) is 31.2 Å². The first-order valence-corrected chi connectivity index (χ1v) is 10.8. The molecule has 28 heavy (non-hydrogen) atoms. The van der Waals surface area contributed by atoms with E-state index >= 15 is 0 Å². The van der Waals surface area contributed by atoms with Crippen molar-refractivity contribution in [2.75, 3.05) is 5.32 Å². The SMILES string of the molecule is CC.O=C(Cn1c(-c2nc(Br)cs2)nc2ccccc21)Nc1ccc(Cl)cc1. The van der Waals surface area contributed by atoms with Gasteiger partial charge in [0.25, 0.3) is 0 Å². The molecule has 2 aromatic carbocycles. The van der Waals surface area contributed by atoms with E-state index in [1.165, 1.54) is 11.3 Å². The fraction of sp³-hybridized carbons (Fsp3) is 0.150. The third-order valence-electron chi connectivity index (χ3n) is 3.75. The van der Waals surface area contributed by atoms with Crippen LogP contribution in [0.2, 0.25) is 5.02 Å². The van der Waals surface area contributed by atoms with E-state index in [-0.39, 0.29) is 12.5 Å². The highest BCUT2D eigenvalue weighted by Crippen LogP contribution is 2.29. The molecule has 0 atom stereocenters. The average Bonchev–Trinajstić information content (AvgIpc) is 3.29. The van der Waals surface area contributed by atoms with E-state index in [4.69, 9.17) is 11.6 Å². The fourth-order valence-electron chi connectivity index (χ4n) is 2.63. The molecule has 0 saturated carbocycles. The number of carbonyl (C=O) groups is 1. The van der Waals surface area contributed by atoms with Crippen LogP contribution in [0.15, 0.2) is 58.5 Å². The number of aromatic nitrogens is 3. The molecule has 0 fully saturated rings. The van der Waals surface area contributed by atoms with Gasteiger partial charge in [0.05, 0.1) is 11.0 Å². The second kappa shape index (κ2) is 9.32. The highest BCUT2D eigenvalue weighted by Gasteiger charge is 2.17. The quantitative estimate of drug-likeness (QED) is 0.378. The van der Waals surface area contributed by atoms with Crippen LogP contribution in [0, 0.1) is 0 Å². The van der Waals surface area contributed by atoms with Gasteiger partial charge in [-0.05, 0) is 52.3 Å². The van der Waals surface area contributed by atoms with Gasteiger partial charge in [0.1, 0.15) is 11.1 Å². The van der Waals surface area contributed by atoms with Crippen molar-refractivity contribution in [1.29, 1.82) is 0 Å². The van der Waals surface area contributed by atoms with Gasteiger partial charge in [0.15, 0.2) is 10.8 Å². The Morgan fingerprint density at radius 2 is 1.86 bits per heavy atom. The minimum Gasteiger partial charge on any atom is -0.325 e. The van der Waals surface area contributed by atoms with Gasteiger partial charge in [-0.1, -0.05) is 37.6 Å². The lowest BCUT2D eigenvalue weighted by Gasteiger charge is -2.09. The van der Waals surface area contributed by atoms with Crippen LogP contribution < -0.4 is 5.32 Å². The average molecular weight is 478 g/mol. The molecule has 1 amide bonds. The molecule has 0 aliphatic carbocycles. The molecule has 144 valence electrons. The number of para-hydroxylation sites is 2. The smallest absolute Gasteiger partial charge is 0.244 e. The Labute approximate surface area is 180 Å². The number of benzene rings is 2. The van der Waals surface area contributed by atoms with E-state index in [0.29, 0.717) is 16.5 Å². The van der Waals surface area contributed by atoms with Crippen LogP contribution in [-0.4, -0.2) is 20.4 Å². The number of imidazole rings is 1. The number of nitrogens with zero attached hydrogens (tertiary/aromatic N) is 3. The zero-order chi connectivity index (χ0) is 20.1. The number of rotatable bonds is 4. The first kappa shape index (κ1) is 20.5. The summed E-state index contributed by atoms with van der Waals surface area (Å²) in [6.07, 6.45) is 0. The molecule has 0 aliphatic rings. The molecule has 2 aromatic heterocycles. The summed E-state index contributed by atoms with van der Waals surface area (Å²) in [4.78, 5) is 21.7. The van der Waals surface area contributed by atoms with Gasteiger partial charge in [-0.15, -0.1) is 11.3 Å². The van der Waals surface area contributed by atoms with Crippen LogP contribution in [0.25, 0.3) is 21.9 Å². The second-order valence-electron chi connectivity index (χ2n) is 5.54. The lowest BCUT2D eigenvalue weighted by atomic mass is 10.3. The van der Waals surface area contributed by atoms with Gasteiger partial charge in [-0.2, -0.15) is 0 Å². The molecule has 4 aromatic rings. The van der Waals surface area contributed by atoms with Crippen molar-refractivity contribution in [3.8, 4) is 10.8 Å². The van der Waals surface area contributed by atoms with Crippen molar-refractivity contribution < 1.29 is 4.79 Å². The normalized spacial score (nSPS) is 10.4. The highest BCUT2D eigenvalue weighted by atomic mass is 79.9. The van der Waals surface area contributed by atoms with Gasteiger partial charge >= 0.3 is 0 Å². The third kappa shape index (κ3) is 4.60. The van der Waals surface area contributed by atoms with Crippen LogP contribution in [-0.2, 0) is 11.3 Å². The molecule has 0 spiro atoms. The van der Waals surface area contributed by atoms with E-state index in [0.717, 1.165) is 20.6 Å². The lowest BCUT2D eigenvalue weighted by Crippen LogP contribution is -2.19. The number of thiazole rings is 1. The number of halogens is 2. The molecular formula is C20H18BrClN4OS. The summed E-state index contributed by atoms with van der Waals surface area (Å²) in [7, 11) is 0. The predicted octanol–water partition coefficient (Wildman–Crippen LogP) is 6.24. The Morgan fingerprint density at radius 3 is 2.54 bits per heavy atom. The number of carbonyl (C=O) groups excluding carboxylic acids is 1. The fourth-order valence-corrected chi connectivity index (χ4v) is 4.01. The maximum absolute atomic E-state index is 12.6. The van der Waals surface area contributed by atoms with Crippen molar-refractivity contribution in [2.24, 2.45) is 0 Å². The number of amides is 1. The van der Waals surface area contributed by atoms with Crippen molar-refractivity contribution in [1.82, 2.24) is 14.5 Å². The Hall–Kier alpha value is -2.22. The summed E-state index contributed by atoms with van der Waals surface area (Å²) >= 11 is 10.7. The standard InChI is InChI=1S/C18H12BrClN4OS.C2H6/c19-15-10-26-18(23-15)17-22-13-3-1-2-4-14(13)24(17)9-16(25)21-12-7-5-11(20)6-8-12;1-2/h1-8,10H,9H2,(H,21,25);1-2H3. The largest absolute Gasteiger partial charge is 0.325 e. The molecule has 5 nitrogen and oxygen atoms in total. The maximum atomic E-state index is 12.6.